The molecule has 2 aromatic carbocycles. The molecule has 0 aliphatic carbocycles. The highest BCUT2D eigenvalue weighted by Crippen LogP contribution is 2.43. The van der Waals surface area contributed by atoms with E-state index < -0.39 is 35.9 Å². The van der Waals surface area contributed by atoms with Gasteiger partial charge in [-0.3, -0.25) is 33.7 Å². The van der Waals surface area contributed by atoms with Crippen LogP contribution in [0.15, 0.2) is 42.5 Å². The van der Waals surface area contributed by atoms with Crippen molar-refractivity contribution in [3.05, 3.63) is 74.9 Å². The Hall–Kier alpha value is -7.62. The lowest BCUT2D eigenvalue weighted by molar-refractivity contribution is -0.148. The predicted octanol–water partition coefficient (Wildman–Crippen LogP) is 4.24. The van der Waals surface area contributed by atoms with Crippen LogP contribution in [0.4, 0.5) is 15.3 Å². The highest BCUT2D eigenvalue weighted by Gasteiger charge is 2.35. The molecule has 2 aromatic heterocycles. The Bertz CT molecular complexity index is 2840. The molecule has 2 unspecified atom stereocenters. The number of amides is 8. The lowest BCUT2D eigenvalue weighted by Crippen LogP contribution is -2.47. The van der Waals surface area contributed by atoms with Gasteiger partial charge in [-0.25, -0.2) is 14.6 Å². The summed E-state index contributed by atoms with van der Waals surface area (Å²) >= 11 is 5.98. The largest absolute Gasteiger partial charge is 0.486 e. The first kappa shape index (κ1) is 49.8. The number of alkyl carbamates (subject to hydrolysis) is 1. The number of hydrogen-bond acceptors (Lipinski definition) is 14. The van der Waals surface area contributed by atoms with Gasteiger partial charge in [0.1, 0.15) is 37.1 Å². The van der Waals surface area contributed by atoms with Crippen LogP contribution in [0.25, 0.3) is 22.3 Å². The number of hydrogen-bond donors (Lipinski definition) is 6. The molecule has 0 spiro atoms. The van der Waals surface area contributed by atoms with Crippen LogP contribution in [0.3, 0.4) is 0 Å². The summed E-state index contributed by atoms with van der Waals surface area (Å²) in [7, 11) is 0. The van der Waals surface area contributed by atoms with Gasteiger partial charge in [0, 0.05) is 67.2 Å². The van der Waals surface area contributed by atoms with Gasteiger partial charge in [0.15, 0.2) is 11.5 Å². The summed E-state index contributed by atoms with van der Waals surface area (Å²) < 4.78 is 25.5. The molecule has 1 fully saturated rings. The number of nitrogens with one attached hydrogen (secondary N) is 5. The maximum atomic E-state index is 13.5. The summed E-state index contributed by atoms with van der Waals surface area (Å²) in [6, 6.07) is 10.5. The van der Waals surface area contributed by atoms with Crippen molar-refractivity contribution in [1.29, 1.82) is 0 Å². The molecule has 6 heterocycles. The molecule has 4 aromatic rings. The second-order valence-corrected chi connectivity index (χ2v) is 17.9. The van der Waals surface area contributed by atoms with Crippen LogP contribution in [0.5, 0.6) is 11.5 Å². The van der Waals surface area contributed by atoms with Crippen LogP contribution >= 0.6 is 12.2 Å². The van der Waals surface area contributed by atoms with E-state index in [9.17, 15) is 38.4 Å². The maximum absolute atomic E-state index is 13.5. The van der Waals surface area contributed by atoms with Gasteiger partial charge in [-0.15, -0.1) is 0 Å². The number of nitrogens with two attached hydrogens (primary N) is 1. The van der Waals surface area contributed by atoms with E-state index in [2.05, 4.69) is 26.6 Å². The zero-order chi connectivity index (χ0) is 50.2. The number of likely N-dealkylation sites (tertiary alicyclic amines) is 1. The van der Waals surface area contributed by atoms with Crippen molar-refractivity contribution in [2.24, 2.45) is 5.73 Å². The Balaban J connectivity index is 0.858. The van der Waals surface area contributed by atoms with Crippen molar-refractivity contribution >= 4 is 76.4 Å². The molecule has 71 heavy (non-hydrogen) atoms. The van der Waals surface area contributed by atoms with Crippen LogP contribution in [-0.2, 0) is 64.5 Å². The van der Waals surface area contributed by atoms with Crippen molar-refractivity contribution in [3.8, 4) is 22.9 Å². The number of urea groups is 1. The average molecular weight is 994 g/mol. The second-order valence-electron chi connectivity index (χ2n) is 17.5. The zero-order valence-electron chi connectivity index (χ0n) is 39.2. The van der Waals surface area contributed by atoms with E-state index in [-0.39, 0.29) is 82.2 Å². The number of imide groups is 1. The Morgan fingerprint density at radius 1 is 0.887 bits per heavy atom. The van der Waals surface area contributed by atoms with E-state index in [1.807, 2.05) is 29.7 Å². The number of pyridine rings is 2. The number of cyclic esters (lactones) is 1. The molecule has 7 N–H and O–H groups in total. The molecule has 0 bridgehead atoms. The normalized spacial score (nSPS) is 15.8. The number of rotatable bonds is 20. The van der Waals surface area contributed by atoms with Crippen molar-refractivity contribution < 1.29 is 57.3 Å². The second kappa shape index (κ2) is 22.4. The molecule has 2 atom stereocenters. The fourth-order valence-corrected chi connectivity index (χ4v) is 9.44. The standard InChI is InChI=1S/C49H55N9O12S/c1-2-29-30-19-37-44-33(24-58(37)46(71)34(30)26-69-47(29)64)32(31-20-38-39(21-36(31)56-44)68-18-17-67-38)22-53-49(66)70-25-27-9-11-28(12-10-27)54-45(63)35(7-6-15-51-48(50)65)55-41(60)23-52-40(59)8-4-3-5-16-57-42(61)13-14-43(57)62/h9-12,19-21,29,35H,2-8,13-18,22-26H2,1H3,(H,52,59)(H,53,66)(H,54,63)(H,55,60)(H3,50,51,65). The molecule has 0 saturated carbocycles. The molecular weight excluding hydrogens is 939 g/mol. The van der Waals surface area contributed by atoms with E-state index in [0.29, 0.717) is 97.0 Å². The van der Waals surface area contributed by atoms with Crippen LogP contribution in [-0.4, -0.2) is 101 Å². The van der Waals surface area contributed by atoms with Gasteiger partial charge < -0.3 is 55.8 Å². The molecular formula is C49H55N9O12S. The Labute approximate surface area is 412 Å². The van der Waals surface area contributed by atoms with Crippen molar-refractivity contribution in [3.63, 3.8) is 0 Å². The monoisotopic (exact) mass is 993 g/mol. The number of fused-ring (bicyclic) bond motifs is 6. The van der Waals surface area contributed by atoms with Gasteiger partial charge in [-0.2, -0.15) is 0 Å². The highest BCUT2D eigenvalue weighted by atomic mass is 32.1. The number of anilines is 1. The molecule has 22 heteroatoms. The van der Waals surface area contributed by atoms with Crippen LogP contribution in [0, 0.1) is 4.64 Å². The average Bonchev–Trinajstić information content (AvgIpc) is 3.89. The summed E-state index contributed by atoms with van der Waals surface area (Å²) in [4.78, 5) is 106. The number of benzene rings is 2. The molecule has 374 valence electrons. The van der Waals surface area contributed by atoms with Gasteiger partial charge in [-0.05, 0) is 73.1 Å². The first-order chi connectivity index (χ1) is 34.3. The minimum absolute atomic E-state index is 0.0718. The minimum Gasteiger partial charge on any atom is -0.486 e. The lowest BCUT2D eigenvalue weighted by atomic mass is 9.90. The zero-order valence-corrected chi connectivity index (χ0v) is 40.0. The van der Waals surface area contributed by atoms with E-state index in [1.54, 1.807) is 24.3 Å². The fourth-order valence-electron chi connectivity index (χ4n) is 9.10. The molecule has 4 aliphatic rings. The number of unbranched alkanes of at least 4 members (excludes halogenated alkanes) is 2. The predicted molar refractivity (Wildman–Crippen MR) is 257 cm³/mol. The lowest BCUT2D eigenvalue weighted by Gasteiger charge is -2.25. The van der Waals surface area contributed by atoms with E-state index in [1.165, 1.54) is 4.90 Å². The third-order valence-electron chi connectivity index (χ3n) is 12.8. The summed E-state index contributed by atoms with van der Waals surface area (Å²) in [6.45, 7) is 3.26. The highest BCUT2D eigenvalue weighted by molar-refractivity contribution is 7.71. The quantitative estimate of drug-likeness (QED) is 0.0276. The topological polar surface area (TPSA) is 281 Å². The number of carbonyl (C=O) groups is 8. The van der Waals surface area contributed by atoms with Crippen molar-refractivity contribution in [2.45, 2.75) is 103 Å². The van der Waals surface area contributed by atoms with E-state index in [0.717, 1.165) is 33.3 Å². The minimum atomic E-state index is -1.04. The summed E-state index contributed by atoms with van der Waals surface area (Å²) in [6.07, 6.45) is 2.58. The number of nitrogens with zero attached hydrogens (tertiary/aromatic N) is 3. The summed E-state index contributed by atoms with van der Waals surface area (Å²) in [5.74, 6) is -1.48. The van der Waals surface area contributed by atoms with E-state index >= 15 is 0 Å². The Kier molecular flexibility index (Phi) is 15.7. The SMILES string of the molecule is CCC1C(=O)OCc2c1cc1n(c2=S)Cc2c-1nc1cc3c(cc1c2CNC(=O)OCc1ccc(NC(=O)C(CCCNC(N)=O)NC(=O)CNC(=O)CCCCCN2C(=O)CCC2=O)cc1)OCCO3. The van der Waals surface area contributed by atoms with Crippen LogP contribution in [0.2, 0.25) is 0 Å². The number of esters is 1. The number of ether oxygens (including phenoxy) is 4. The van der Waals surface area contributed by atoms with Crippen molar-refractivity contribution in [1.82, 2.24) is 35.7 Å². The first-order valence-corrected chi connectivity index (χ1v) is 24.1. The third kappa shape index (κ3) is 11.7. The summed E-state index contributed by atoms with van der Waals surface area (Å²) in [5.41, 5.74) is 11.5. The molecule has 4 aliphatic heterocycles. The Morgan fingerprint density at radius 3 is 2.37 bits per heavy atom. The first-order valence-electron chi connectivity index (χ1n) is 23.7. The molecule has 1 saturated heterocycles. The number of carbonyl (C=O) groups excluding carboxylic acids is 8. The molecule has 8 rings (SSSR count). The third-order valence-corrected chi connectivity index (χ3v) is 13.3. The van der Waals surface area contributed by atoms with E-state index in [4.69, 9.17) is 41.9 Å². The van der Waals surface area contributed by atoms with Crippen LogP contribution < -0.4 is 41.8 Å². The Morgan fingerprint density at radius 2 is 1.63 bits per heavy atom. The summed E-state index contributed by atoms with van der Waals surface area (Å²) in [5, 5.41) is 14.1. The number of primary amides is 1. The molecule has 8 amide bonds. The van der Waals surface area contributed by atoms with Gasteiger partial charge in [-0.1, -0.05) is 37.7 Å². The number of aromatic nitrogens is 2. The van der Waals surface area contributed by atoms with Gasteiger partial charge in [0.05, 0.1) is 35.9 Å². The fraction of sp³-hybridized carbons (Fsp3) is 0.429. The van der Waals surface area contributed by atoms with Gasteiger partial charge in [0.2, 0.25) is 29.5 Å². The van der Waals surface area contributed by atoms with Crippen LogP contribution in [0.1, 0.15) is 98.4 Å². The van der Waals surface area contributed by atoms with Gasteiger partial charge in [0.25, 0.3) is 0 Å². The smallest absolute Gasteiger partial charge is 0.407 e. The molecule has 0 radical (unpaired) electrons. The maximum Gasteiger partial charge on any atom is 0.407 e. The van der Waals surface area contributed by atoms with Gasteiger partial charge >= 0.3 is 18.1 Å². The molecule has 21 nitrogen and oxygen atoms in total. The van der Waals surface area contributed by atoms with Crippen molar-refractivity contribution in [2.75, 3.05) is 38.2 Å².